The Labute approximate surface area is 113 Å². The molecule has 0 aromatic heterocycles. The van der Waals surface area contributed by atoms with Crippen molar-refractivity contribution in [3.63, 3.8) is 0 Å². The molecule has 1 amide bonds. The van der Waals surface area contributed by atoms with Crippen LogP contribution >= 0.6 is 0 Å². The van der Waals surface area contributed by atoms with Crippen molar-refractivity contribution in [1.29, 1.82) is 0 Å². The SMILES string of the molecule is NC1(C2CC2)CN(C(=O)c2cc(F)c(F)c(O)c2F)C1. The lowest BCUT2D eigenvalue weighted by Crippen LogP contribution is -2.69. The second kappa shape index (κ2) is 4.12. The van der Waals surface area contributed by atoms with Crippen molar-refractivity contribution in [2.75, 3.05) is 13.1 Å². The maximum atomic E-state index is 13.6. The Hall–Kier alpha value is -1.76. The number of halogens is 3. The minimum atomic E-state index is -1.70. The molecule has 0 bridgehead atoms. The van der Waals surface area contributed by atoms with Gasteiger partial charge in [0.25, 0.3) is 5.91 Å². The number of benzene rings is 1. The topological polar surface area (TPSA) is 66.6 Å². The third-order valence-corrected chi connectivity index (χ3v) is 4.01. The number of hydrogen-bond acceptors (Lipinski definition) is 3. The number of hydrogen-bond donors (Lipinski definition) is 2. The molecule has 0 spiro atoms. The molecule has 108 valence electrons. The van der Waals surface area contributed by atoms with Gasteiger partial charge in [-0.15, -0.1) is 0 Å². The average Bonchev–Trinajstić information content (AvgIpc) is 3.20. The molecular formula is C13H13F3N2O2. The number of nitrogens with zero attached hydrogens (tertiary/aromatic N) is 1. The number of amides is 1. The van der Waals surface area contributed by atoms with Gasteiger partial charge in [-0.25, -0.2) is 8.78 Å². The molecule has 2 fully saturated rings. The minimum absolute atomic E-state index is 0.260. The number of likely N-dealkylation sites (tertiary alicyclic amines) is 1. The van der Waals surface area contributed by atoms with Gasteiger partial charge in [-0.1, -0.05) is 0 Å². The Morgan fingerprint density at radius 2 is 1.90 bits per heavy atom. The maximum Gasteiger partial charge on any atom is 0.257 e. The first-order valence-corrected chi connectivity index (χ1v) is 6.28. The monoisotopic (exact) mass is 286 g/mol. The van der Waals surface area contributed by atoms with Crippen LogP contribution in [0.25, 0.3) is 0 Å². The summed E-state index contributed by atoms with van der Waals surface area (Å²) in [6.07, 6.45) is 2.03. The van der Waals surface area contributed by atoms with Crippen molar-refractivity contribution in [3.05, 3.63) is 29.1 Å². The van der Waals surface area contributed by atoms with Gasteiger partial charge in [0, 0.05) is 13.1 Å². The summed E-state index contributed by atoms with van der Waals surface area (Å²) in [5.74, 6) is -6.51. The van der Waals surface area contributed by atoms with E-state index in [1.54, 1.807) is 0 Å². The van der Waals surface area contributed by atoms with Gasteiger partial charge in [0.1, 0.15) is 0 Å². The fourth-order valence-electron chi connectivity index (χ4n) is 2.64. The Morgan fingerprint density at radius 3 is 2.45 bits per heavy atom. The molecule has 7 heteroatoms. The number of carbonyl (C=O) groups excluding carboxylic acids is 1. The molecule has 0 atom stereocenters. The van der Waals surface area contributed by atoms with Gasteiger partial charge < -0.3 is 15.7 Å². The summed E-state index contributed by atoms with van der Waals surface area (Å²) in [6, 6.07) is 0.459. The fourth-order valence-corrected chi connectivity index (χ4v) is 2.64. The fraction of sp³-hybridized carbons (Fsp3) is 0.462. The molecule has 2 aliphatic rings. The molecule has 20 heavy (non-hydrogen) atoms. The molecule has 0 unspecified atom stereocenters. The first-order valence-electron chi connectivity index (χ1n) is 6.28. The van der Waals surface area contributed by atoms with Crippen molar-refractivity contribution in [2.45, 2.75) is 18.4 Å². The molecule has 4 nitrogen and oxygen atoms in total. The summed E-state index contributed by atoms with van der Waals surface area (Å²) in [4.78, 5) is 13.3. The summed E-state index contributed by atoms with van der Waals surface area (Å²) >= 11 is 0. The summed E-state index contributed by atoms with van der Waals surface area (Å²) in [5, 5.41) is 9.10. The molecule has 1 aliphatic heterocycles. The van der Waals surface area contributed by atoms with Crippen molar-refractivity contribution in [2.24, 2.45) is 11.7 Å². The molecule has 1 aromatic carbocycles. The second-order valence-electron chi connectivity index (χ2n) is 5.55. The van der Waals surface area contributed by atoms with E-state index in [0.717, 1.165) is 12.8 Å². The van der Waals surface area contributed by atoms with Crippen LogP contribution in [0.2, 0.25) is 0 Å². The van der Waals surface area contributed by atoms with E-state index >= 15 is 0 Å². The van der Waals surface area contributed by atoms with Crippen LogP contribution < -0.4 is 5.73 Å². The van der Waals surface area contributed by atoms with Gasteiger partial charge in [-0.3, -0.25) is 4.79 Å². The number of phenolic OH excluding ortho intramolecular Hbond substituents is 1. The number of rotatable bonds is 2. The molecule has 0 radical (unpaired) electrons. The zero-order valence-corrected chi connectivity index (χ0v) is 10.5. The predicted molar refractivity (Wildman–Crippen MR) is 63.5 cm³/mol. The normalized spacial score (nSPS) is 20.7. The van der Waals surface area contributed by atoms with Crippen LogP contribution in [0.1, 0.15) is 23.2 Å². The largest absolute Gasteiger partial charge is 0.503 e. The number of carbonyl (C=O) groups is 1. The Kier molecular flexibility index (Phi) is 2.72. The molecule has 3 N–H and O–H groups in total. The van der Waals surface area contributed by atoms with Gasteiger partial charge in [0.2, 0.25) is 5.82 Å². The molecule has 1 aliphatic carbocycles. The van der Waals surface area contributed by atoms with Gasteiger partial charge in [0.15, 0.2) is 17.4 Å². The van der Waals surface area contributed by atoms with Crippen LogP contribution in [0.15, 0.2) is 6.07 Å². The van der Waals surface area contributed by atoms with E-state index < -0.39 is 40.2 Å². The van der Waals surface area contributed by atoms with Crippen molar-refractivity contribution in [1.82, 2.24) is 4.90 Å². The molecule has 1 saturated heterocycles. The van der Waals surface area contributed by atoms with Crippen LogP contribution in [0.3, 0.4) is 0 Å². The summed E-state index contributed by atoms with van der Waals surface area (Å²) in [6.45, 7) is 0.519. The number of phenols is 1. The number of nitrogens with two attached hydrogens (primary N) is 1. The van der Waals surface area contributed by atoms with Crippen LogP contribution in [0.4, 0.5) is 13.2 Å². The highest BCUT2D eigenvalue weighted by Gasteiger charge is 2.52. The highest BCUT2D eigenvalue weighted by molar-refractivity contribution is 5.95. The quantitative estimate of drug-likeness (QED) is 0.807. The Balaban J connectivity index is 1.82. The van der Waals surface area contributed by atoms with Crippen molar-refractivity contribution >= 4 is 5.91 Å². The summed E-state index contributed by atoms with van der Waals surface area (Å²) in [5.41, 5.74) is 4.93. The first kappa shape index (κ1) is 13.2. The van der Waals surface area contributed by atoms with Crippen LogP contribution in [0, 0.1) is 23.4 Å². The van der Waals surface area contributed by atoms with E-state index in [1.807, 2.05) is 0 Å². The zero-order valence-electron chi connectivity index (χ0n) is 10.5. The zero-order chi connectivity index (χ0) is 14.7. The van der Waals surface area contributed by atoms with Crippen molar-refractivity contribution in [3.8, 4) is 5.75 Å². The highest BCUT2D eigenvalue weighted by atomic mass is 19.2. The van der Waals surface area contributed by atoms with Gasteiger partial charge in [-0.05, 0) is 24.8 Å². The lowest BCUT2D eigenvalue weighted by molar-refractivity contribution is 0.0344. The van der Waals surface area contributed by atoms with E-state index in [-0.39, 0.29) is 13.1 Å². The first-order chi connectivity index (χ1) is 9.33. The lowest BCUT2D eigenvalue weighted by Gasteiger charge is -2.48. The maximum absolute atomic E-state index is 13.6. The molecule has 3 rings (SSSR count). The average molecular weight is 286 g/mol. The van der Waals surface area contributed by atoms with Gasteiger partial charge in [-0.2, -0.15) is 4.39 Å². The van der Waals surface area contributed by atoms with E-state index in [1.165, 1.54) is 4.90 Å². The lowest BCUT2D eigenvalue weighted by atomic mass is 9.85. The molecule has 1 heterocycles. The molecule has 1 aromatic rings. The third-order valence-electron chi connectivity index (χ3n) is 4.01. The van der Waals surface area contributed by atoms with E-state index in [9.17, 15) is 18.0 Å². The van der Waals surface area contributed by atoms with Gasteiger partial charge >= 0.3 is 0 Å². The van der Waals surface area contributed by atoms with Gasteiger partial charge in [0.05, 0.1) is 11.1 Å². The second-order valence-corrected chi connectivity index (χ2v) is 5.55. The van der Waals surface area contributed by atoms with Crippen LogP contribution in [-0.2, 0) is 0 Å². The van der Waals surface area contributed by atoms with E-state index in [2.05, 4.69) is 0 Å². The van der Waals surface area contributed by atoms with E-state index in [0.29, 0.717) is 12.0 Å². The molecule has 1 saturated carbocycles. The third kappa shape index (κ3) is 1.84. The predicted octanol–water partition coefficient (Wildman–Crippen LogP) is 1.37. The van der Waals surface area contributed by atoms with Crippen LogP contribution in [0.5, 0.6) is 5.75 Å². The standard InChI is InChI=1S/C13H13F3N2O2/c14-8-3-7(9(15)11(19)10(8)16)12(20)18-4-13(17,5-18)6-1-2-6/h3,6,19H,1-2,4-5,17H2. The molecular weight excluding hydrogens is 273 g/mol. The Bertz CT molecular complexity index is 596. The highest BCUT2D eigenvalue weighted by Crippen LogP contribution is 2.43. The summed E-state index contributed by atoms with van der Waals surface area (Å²) < 4.78 is 39.8. The Morgan fingerprint density at radius 1 is 1.30 bits per heavy atom. The summed E-state index contributed by atoms with van der Waals surface area (Å²) in [7, 11) is 0. The van der Waals surface area contributed by atoms with Crippen molar-refractivity contribution < 1.29 is 23.1 Å². The number of aromatic hydroxyl groups is 1. The minimum Gasteiger partial charge on any atom is -0.503 e. The smallest absolute Gasteiger partial charge is 0.257 e. The van der Waals surface area contributed by atoms with E-state index in [4.69, 9.17) is 10.8 Å². The van der Waals surface area contributed by atoms with Crippen LogP contribution in [-0.4, -0.2) is 34.5 Å².